The van der Waals surface area contributed by atoms with Crippen LogP contribution in [0.2, 0.25) is 0 Å². The van der Waals surface area contributed by atoms with E-state index < -0.39 is 15.8 Å². The van der Waals surface area contributed by atoms with Gasteiger partial charge < -0.3 is 0 Å². The van der Waals surface area contributed by atoms with E-state index in [0.29, 0.717) is 13.1 Å². The second kappa shape index (κ2) is 5.82. The summed E-state index contributed by atoms with van der Waals surface area (Å²) in [6.45, 7) is 0.794. The molecule has 4 nitrogen and oxygen atoms in total. The second-order valence-corrected chi connectivity index (χ2v) is 7.84. The minimum Gasteiger partial charge on any atom is -0.249 e. The van der Waals surface area contributed by atoms with Crippen LogP contribution in [-0.4, -0.2) is 30.8 Å². The summed E-state index contributed by atoms with van der Waals surface area (Å²) in [5.74, 6) is -0.603. The molecule has 2 aromatic rings. The highest BCUT2D eigenvalue weighted by Gasteiger charge is 2.33. The average molecular weight is 326 g/mol. The Hall–Kier alpha value is -1.31. The Kier molecular flexibility index (Phi) is 4.05. The molecule has 1 atom stereocenters. The van der Waals surface area contributed by atoms with E-state index in [0.717, 1.165) is 17.8 Å². The molecule has 0 saturated carbocycles. The fourth-order valence-electron chi connectivity index (χ4n) is 2.59. The maximum Gasteiger partial charge on any atom is 0.246 e. The van der Waals surface area contributed by atoms with E-state index in [2.05, 4.69) is 4.98 Å². The standard InChI is InChI=1S/C14H15FN2O2S2/c15-12-5-1-2-6-13(12)21(18,19)17-8-3-4-11(10-17)14-16-7-9-20-14/h1-2,5-7,9,11H,3-4,8,10H2/t11-/m1/s1. The van der Waals surface area contributed by atoms with E-state index in [4.69, 9.17) is 0 Å². The zero-order valence-corrected chi connectivity index (χ0v) is 12.9. The van der Waals surface area contributed by atoms with Crippen molar-refractivity contribution in [2.75, 3.05) is 13.1 Å². The predicted octanol–water partition coefficient (Wildman–Crippen LogP) is 2.85. The average Bonchev–Trinajstić information content (AvgIpc) is 3.02. The molecule has 0 bridgehead atoms. The molecular weight excluding hydrogens is 311 g/mol. The Morgan fingerprint density at radius 2 is 2.14 bits per heavy atom. The molecule has 112 valence electrons. The van der Waals surface area contributed by atoms with E-state index >= 15 is 0 Å². The number of thiazole rings is 1. The van der Waals surface area contributed by atoms with Crippen LogP contribution < -0.4 is 0 Å². The van der Waals surface area contributed by atoms with Crippen molar-refractivity contribution in [2.45, 2.75) is 23.7 Å². The fourth-order valence-corrected chi connectivity index (χ4v) is 4.95. The van der Waals surface area contributed by atoms with Crippen LogP contribution in [0, 0.1) is 5.82 Å². The third-order valence-corrected chi connectivity index (χ3v) is 6.48. The Labute approximate surface area is 127 Å². The van der Waals surface area contributed by atoms with Gasteiger partial charge in [-0.05, 0) is 25.0 Å². The van der Waals surface area contributed by atoms with Crippen molar-refractivity contribution in [2.24, 2.45) is 0 Å². The molecule has 2 heterocycles. The first-order chi connectivity index (χ1) is 10.1. The van der Waals surface area contributed by atoms with Gasteiger partial charge in [-0.1, -0.05) is 12.1 Å². The van der Waals surface area contributed by atoms with E-state index in [9.17, 15) is 12.8 Å². The van der Waals surface area contributed by atoms with Crippen LogP contribution in [0.15, 0.2) is 40.7 Å². The number of benzene rings is 1. The maximum atomic E-state index is 13.8. The Morgan fingerprint density at radius 3 is 2.86 bits per heavy atom. The normalized spacial score (nSPS) is 20.5. The van der Waals surface area contributed by atoms with Gasteiger partial charge in [0.05, 0.1) is 5.01 Å². The second-order valence-electron chi connectivity index (χ2n) is 5.00. The number of rotatable bonds is 3. The maximum absolute atomic E-state index is 13.8. The van der Waals surface area contributed by atoms with Gasteiger partial charge in [-0.25, -0.2) is 17.8 Å². The summed E-state index contributed by atoms with van der Waals surface area (Å²) in [7, 11) is -3.78. The lowest BCUT2D eigenvalue weighted by Gasteiger charge is -2.31. The predicted molar refractivity (Wildman–Crippen MR) is 79.2 cm³/mol. The molecule has 1 fully saturated rings. The van der Waals surface area contributed by atoms with Crippen LogP contribution in [-0.2, 0) is 10.0 Å². The van der Waals surface area contributed by atoms with Gasteiger partial charge in [0.1, 0.15) is 10.7 Å². The van der Waals surface area contributed by atoms with E-state index in [-0.39, 0.29) is 10.8 Å². The molecule has 7 heteroatoms. The molecule has 1 aliphatic heterocycles. The van der Waals surface area contributed by atoms with Gasteiger partial charge in [-0.15, -0.1) is 11.3 Å². The lowest BCUT2D eigenvalue weighted by Crippen LogP contribution is -2.39. The van der Waals surface area contributed by atoms with Crippen molar-refractivity contribution in [1.29, 1.82) is 0 Å². The van der Waals surface area contributed by atoms with Crippen LogP contribution in [0.25, 0.3) is 0 Å². The van der Waals surface area contributed by atoms with E-state index in [1.54, 1.807) is 6.20 Å². The summed E-state index contributed by atoms with van der Waals surface area (Å²) in [6.07, 6.45) is 3.40. The van der Waals surface area contributed by atoms with Gasteiger partial charge in [-0.3, -0.25) is 0 Å². The molecule has 1 aromatic heterocycles. The van der Waals surface area contributed by atoms with Crippen molar-refractivity contribution < 1.29 is 12.8 Å². The molecule has 0 radical (unpaired) electrons. The highest BCUT2D eigenvalue weighted by atomic mass is 32.2. The van der Waals surface area contributed by atoms with Crippen molar-refractivity contribution in [3.8, 4) is 0 Å². The monoisotopic (exact) mass is 326 g/mol. The number of nitrogens with zero attached hydrogens (tertiary/aromatic N) is 2. The molecule has 1 aromatic carbocycles. The van der Waals surface area contributed by atoms with Gasteiger partial charge in [0.15, 0.2) is 0 Å². The zero-order chi connectivity index (χ0) is 14.9. The van der Waals surface area contributed by atoms with Gasteiger partial charge in [0.25, 0.3) is 0 Å². The van der Waals surface area contributed by atoms with Crippen molar-refractivity contribution in [3.63, 3.8) is 0 Å². The van der Waals surface area contributed by atoms with Gasteiger partial charge in [0, 0.05) is 30.6 Å². The molecule has 1 saturated heterocycles. The number of aromatic nitrogens is 1. The summed E-state index contributed by atoms with van der Waals surface area (Å²) in [5, 5.41) is 2.84. The van der Waals surface area contributed by atoms with Crippen LogP contribution in [0.5, 0.6) is 0 Å². The summed E-state index contributed by atoms with van der Waals surface area (Å²) in [4.78, 5) is 4.02. The molecule has 0 N–H and O–H groups in total. The van der Waals surface area contributed by atoms with Crippen LogP contribution >= 0.6 is 11.3 Å². The van der Waals surface area contributed by atoms with Gasteiger partial charge in [0.2, 0.25) is 10.0 Å². The molecule has 0 aliphatic carbocycles. The number of hydrogen-bond acceptors (Lipinski definition) is 4. The number of halogens is 1. The van der Waals surface area contributed by atoms with Crippen LogP contribution in [0.3, 0.4) is 0 Å². The summed E-state index contributed by atoms with van der Waals surface area (Å²) >= 11 is 1.53. The molecule has 0 spiro atoms. The van der Waals surface area contributed by atoms with Crippen LogP contribution in [0.1, 0.15) is 23.8 Å². The van der Waals surface area contributed by atoms with Gasteiger partial charge >= 0.3 is 0 Å². The highest BCUT2D eigenvalue weighted by Crippen LogP contribution is 2.31. The molecule has 0 amide bonds. The summed E-state index contributed by atoms with van der Waals surface area (Å²) < 4.78 is 40.4. The first kappa shape index (κ1) is 14.6. The topological polar surface area (TPSA) is 50.3 Å². The zero-order valence-electron chi connectivity index (χ0n) is 11.3. The lowest BCUT2D eigenvalue weighted by atomic mass is 10.0. The molecule has 0 unspecified atom stereocenters. The number of hydrogen-bond donors (Lipinski definition) is 0. The summed E-state index contributed by atoms with van der Waals surface area (Å²) in [5.41, 5.74) is 0. The Bertz CT molecular complexity index is 716. The lowest BCUT2D eigenvalue weighted by molar-refractivity contribution is 0.314. The third kappa shape index (κ3) is 2.86. The third-order valence-electron chi connectivity index (χ3n) is 3.64. The van der Waals surface area contributed by atoms with E-state index in [1.165, 1.54) is 39.9 Å². The molecular formula is C14H15FN2O2S2. The molecule has 1 aliphatic rings. The smallest absolute Gasteiger partial charge is 0.246 e. The van der Waals surface area contributed by atoms with Crippen molar-refractivity contribution >= 4 is 21.4 Å². The number of piperidine rings is 1. The largest absolute Gasteiger partial charge is 0.249 e. The molecule has 21 heavy (non-hydrogen) atoms. The first-order valence-corrected chi connectivity index (χ1v) is 9.05. The fraction of sp³-hybridized carbons (Fsp3) is 0.357. The van der Waals surface area contributed by atoms with Crippen LogP contribution in [0.4, 0.5) is 4.39 Å². The first-order valence-electron chi connectivity index (χ1n) is 6.73. The number of sulfonamides is 1. The summed E-state index contributed by atoms with van der Waals surface area (Å²) in [6, 6.07) is 5.52. The minimum absolute atomic E-state index is 0.0975. The quantitative estimate of drug-likeness (QED) is 0.871. The highest BCUT2D eigenvalue weighted by molar-refractivity contribution is 7.89. The molecule has 3 rings (SSSR count). The van der Waals surface area contributed by atoms with Gasteiger partial charge in [-0.2, -0.15) is 4.31 Å². The Morgan fingerprint density at radius 1 is 1.33 bits per heavy atom. The van der Waals surface area contributed by atoms with Crippen molar-refractivity contribution in [1.82, 2.24) is 9.29 Å². The Balaban J connectivity index is 1.88. The van der Waals surface area contributed by atoms with Crippen molar-refractivity contribution in [3.05, 3.63) is 46.7 Å². The van der Waals surface area contributed by atoms with E-state index in [1.807, 2.05) is 5.38 Å². The minimum atomic E-state index is -3.78. The SMILES string of the molecule is O=S(=O)(c1ccccc1F)N1CCC[C@@H](c2nccs2)C1.